The van der Waals surface area contributed by atoms with Crippen LogP contribution in [0.25, 0.3) is 0 Å². The second-order valence-corrected chi connectivity index (χ2v) is 5.03. The number of nitrogens with zero attached hydrogens (tertiary/aromatic N) is 2. The van der Waals surface area contributed by atoms with Crippen molar-refractivity contribution in [3.8, 4) is 5.75 Å². The number of amides is 2. The predicted octanol–water partition coefficient (Wildman–Crippen LogP) is 1.68. The summed E-state index contributed by atoms with van der Waals surface area (Å²) in [5.74, 6) is -0.417. The highest BCUT2D eigenvalue weighted by atomic mass is 16.6. The minimum absolute atomic E-state index is 0.103. The molecule has 0 spiro atoms. The smallest absolute Gasteiger partial charge is 0.288 e. The van der Waals surface area contributed by atoms with Crippen LogP contribution in [-0.2, 0) is 4.79 Å². The van der Waals surface area contributed by atoms with Crippen molar-refractivity contribution >= 4 is 23.2 Å². The molecule has 2 amide bonds. The van der Waals surface area contributed by atoms with E-state index < -0.39 is 10.8 Å². The van der Waals surface area contributed by atoms with Crippen molar-refractivity contribution < 1.29 is 19.2 Å². The zero-order valence-electron chi connectivity index (χ0n) is 13.6. The van der Waals surface area contributed by atoms with E-state index in [0.717, 1.165) is 6.20 Å². The van der Waals surface area contributed by atoms with Crippen LogP contribution in [0.5, 0.6) is 5.75 Å². The van der Waals surface area contributed by atoms with E-state index in [9.17, 15) is 19.7 Å². The summed E-state index contributed by atoms with van der Waals surface area (Å²) in [7, 11) is 1.50. The first-order chi connectivity index (χ1) is 11.9. The van der Waals surface area contributed by atoms with E-state index in [1.165, 1.54) is 13.1 Å². The maximum atomic E-state index is 12.4. The van der Waals surface area contributed by atoms with Crippen molar-refractivity contribution in [1.29, 1.82) is 0 Å². The molecule has 0 saturated carbocycles. The van der Waals surface area contributed by atoms with Gasteiger partial charge < -0.3 is 15.4 Å². The summed E-state index contributed by atoms with van der Waals surface area (Å²) < 4.78 is 5.30. The Kier molecular flexibility index (Phi) is 5.62. The van der Waals surface area contributed by atoms with Crippen molar-refractivity contribution in [3.63, 3.8) is 0 Å². The van der Waals surface area contributed by atoms with Crippen molar-refractivity contribution in [3.05, 3.63) is 57.9 Å². The Labute approximate surface area is 143 Å². The Bertz CT molecular complexity index is 822. The fourth-order valence-corrected chi connectivity index (χ4v) is 1.93. The number of nitro groups is 1. The largest absolute Gasteiger partial charge is 0.484 e. The van der Waals surface area contributed by atoms with Crippen LogP contribution in [0.15, 0.2) is 36.5 Å². The number of carbonyl (C=O) groups is 2. The van der Waals surface area contributed by atoms with Gasteiger partial charge in [0.2, 0.25) is 0 Å². The fraction of sp³-hybridized carbons (Fsp3) is 0.188. The van der Waals surface area contributed by atoms with Crippen LogP contribution < -0.4 is 15.4 Å². The van der Waals surface area contributed by atoms with Gasteiger partial charge in [0.15, 0.2) is 6.61 Å². The average molecular weight is 344 g/mol. The third-order valence-electron chi connectivity index (χ3n) is 3.27. The Morgan fingerprint density at radius 3 is 2.76 bits per heavy atom. The van der Waals surface area contributed by atoms with E-state index in [0.29, 0.717) is 17.1 Å². The maximum Gasteiger partial charge on any atom is 0.288 e. The lowest BCUT2D eigenvalue weighted by molar-refractivity contribution is -0.385. The summed E-state index contributed by atoms with van der Waals surface area (Å²) in [5.41, 5.74) is 0.629. The summed E-state index contributed by atoms with van der Waals surface area (Å²) in [6, 6.07) is 7.63. The number of pyridine rings is 1. The second kappa shape index (κ2) is 7.86. The van der Waals surface area contributed by atoms with Crippen molar-refractivity contribution in [1.82, 2.24) is 10.3 Å². The monoisotopic (exact) mass is 344 g/mol. The first-order valence-electron chi connectivity index (χ1n) is 7.26. The molecule has 0 aliphatic rings. The van der Waals surface area contributed by atoms with E-state index in [2.05, 4.69) is 15.6 Å². The molecule has 1 aromatic carbocycles. The highest BCUT2D eigenvalue weighted by Gasteiger charge is 2.16. The quantitative estimate of drug-likeness (QED) is 0.607. The zero-order chi connectivity index (χ0) is 18.4. The molecule has 1 heterocycles. The summed E-state index contributed by atoms with van der Waals surface area (Å²) in [5, 5.41) is 15.9. The van der Waals surface area contributed by atoms with Gasteiger partial charge in [0.05, 0.1) is 16.2 Å². The number of benzene rings is 1. The summed E-state index contributed by atoms with van der Waals surface area (Å²) >= 11 is 0. The number of likely N-dealkylation sites (N-methyl/N-ethyl adjacent to an activating group) is 1. The molecular formula is C16H16N4O5. The van der Waals surface area contributed by atoms with Gasteiger partial charge >= 0.3 is 0 Å². The van der Waals surface area contributed by atoms with Gasteiger partial charge in [-0.15, -0.1) is 0 Å². The third-order valence-corrected chi connectivity index (χ3v) is 3.27. The van der Waals surface area contributed by atoms with Crippen LogP contribution in [0.2, 0.25) is 0 Å². The lowest BCUT2D eigenvalue weighted by atomic mass is 10.1. The van der Waals surface area contributed by atoms with E-state index in [1.54, 1.807) is 31.2 Å². The number of aryl methyl sites for hydroxylation is 1. The molecular weight excluding hydrogens is 328 g/mol. The highest BCUT2D eigenvalue weighted by molar-refractivity contribution is 6.05. The number of nitrogens with one attached hydrogen (secondary N) is 2. The van der Waals surface area contributed by atoms with Crippen molar-refractivity contribution in [2.45, 2.75) is 6.92 Å². The molecule has 2 aromatic rings. The Morgan fingerprint density at radius 2 is 2.08 bits per heavy atom. The standard InChI is InChI=1S/C16H16N4O5/c1-10-14(7-12(8-18-10)20(23)24)16(22)19-11-4-3-5-13(6-11)25-9-15(21)17-2/h3-8H,9H2,1-2H3,(H,17,21)(H,19,22). The number of hydrogen-bond donors (Lipinski definition) is 2. The minimum atomic E-state index is -0.615. The van der Waals surface area contributed by atoms with Crippen LogP contribution >= 0.6 is 0 Å². The lowest BCUT2D eigenvalue weighted by Crippen LogP contribution is -2.24. The molecule has 0 unspecified atom stereocenters. The molecule has 1 aromatic heterocycles. The van der Waals surface area contributed by atoms with Gasteiger partial charge in [0, 0.05) is 24.9 Å². The maximum absolute atomic E-state index is 12.4. The highest BCUT2D eigenvalue weighted by Crippen LogP contribution is 2.20. The SMILES string of the molecule is CNC(=O)COc1cccc(NC(=O)c2cc([N+](=O)[O-])cnc2C)c1. The molecule has 0 radical (unpaired) electrons. The van der Waals surface area contributed by atoms with Crippen LogP contribution in [0.4, 0.5) is 11.4 Å². The number of carbonyl (C=O) groups excluding carboxylic acids is 2. The first-order valence-corrected chi connectivity index (χ1v) is 7.26. The number of ether oxygens (including phenoxy) is 1. The van der Waals surface area contributed by atoms with Crippen molar-refractivity contribution in [2.24, 2.45) is 0 Å². The van der Waals surface area contributed by atoms with E-state index in [-0.39, 0.29) is 23.8 Å². The second-order valence-electron chi connectivity index (χ2n) is 5.03. The van der Waals surface area contributed by atoms with Crippen LogP contribution in [-0.4, -0.2) is 35.4 Å². The fourth-order valence-electron chi connectivity index (χ4n) is 1.93. The summed E-state index contributed by atoms with van der Waals surface area (Å²) in [6.07, 6.45) is 1.10. The molecule has 0 saturated heterocycles. The average Bonchev–Trinajstić information content (AvgIpc) is 2.60. The summed E-state index contributed by atoms with van der Waals surface area (Å²) in [4.78, 5) is 37.6. The molecule has 0 bridgehead atoms. The van der Waals surface area contributed by atoms with Crippen molar-refractivity contribution in [2.75, 3.05) is 19.0 Å². The third kappa shape index (κ3) is 4.74. The predicted molar refractivity (Wildman–Crippen MR) is 89.6 cm³/mol. The topological polar surface area (TPSA) is 123 Å². The van der Waals surface area contributed by atoms with Crippen LogP contribution in [0, 0.1) is 17.0 Å². The van der Waals surface area contributed by atoms with Gasteiger partial charge in [0.25, 0.3) is 17.5 Å². The molecule has 2 rings (SSSR count). The van der Waals surface area contributed by atoms with Crippen LogP contribution in [0.3, 0.4) is 0 Å². The molecule has 130 valence electrons. The van der Waals surface area contributed by atoms with Gasteiger partial charge in [-0.05, 0) is 19.1 Å². The normalized spacial score (nSPS) is 10.0. The van der Waals surface area contributed by atoms with Gasteiger partial charge in [-0.2, -0.15) is 0 Å². The van der Waals surface area contributed by atoms with Gasteiger partial charge in [-0.1, -0.05) is 6.07 Å². The number of rotatable bonds is 6. The lowest BCUT2D eigenvalue weighted by Gasteiger charge is -2.09. The molecule has 0 aliphatic carbocycles. The van der Waals surface area contributed by atoms with E-state index in [1.807, 2.05) is 0 Å². The molecule has 9 heteroatoms. The number of anilines is 1. The molecule has 9 nitrogen and oxygen atoms in total. The van der Waals surface area contributed by atoms with Gasteiger partial charge in [0.1, 0.15) is 11.9 Å². The zero-order valence-corrected chi connectivity index (χ0v) is 13.6. The molecule has 0 fully saturated rings. The van der Waals surface area contributed by atoms with Crippen LogP contribution in [0.1, 0.15) is 16.1 Å². The minimum Gasteiger partial charge on any atom is -0.484 e. The number of aromatic nitrogens is 1. The molecule has 25 heavy (non-hydrogen) atoms. The van der Waals surface area contributed by atoms with Gasteiger partial charge in [-0.25, -0.2) is 0 Å². The Morgan fingerprint density at radius 1 is 1.32 bits per heavy atom. The first kappa shape index (κ1) is 17.9. The summed E-state index contributed by atoms with van der Waals surface area (Å²) in [6.45, 7) is 1.43. The molecule has 0 aliphatic heterocycles. The Hall–Kier alpha value is -3.49. The number of hydrogen-bond acceptors (Lipinski definition) is 6. The van der Waals surface area contributed by atoms with E-state index >= 15 is 0 Å². The van der Waals surface area contributed by atoms with Gasteiger partial charge in [-0.3, -0.25) is 24.7 Å². The Balaban J connectivity index is 2.14. The van der Waals surface area contributed by atoms with E-state index in [4.69, 9.17) is 4.74 Å². The molecule has 2 N–H and O–H groups in total. The molecule has 0 atom stereocenters.